The molecule has 1 rings (SSSR count). The highest BCUT2D eigenvalue weighted by molar-refractivity contribution is 8.14. The van der Waals surface area contributed by atoms with Crippen LogP contribution in [0.4, 0.5) is 4.79 Å². The largest absolute Gasteiger partial charge is 0.444 e. The maximum absolute atomic E-state index is 11.6. The lowest BCUT2D eigenvalue weighted by molar-refractivity contribution is 0.0295. The predicted octanol–water partition coefficient (Wildman–Crippen LogP) is 1.56. The summed E-state index contributed by atoms with van der Waals surface area (Å²) in [5, 5.41) is -0.679. The molecule has 0 saturated carbocycles. The van der Waals surface area contributed by atoms with Crippen molar-refractivity contribution >= 4 is 25.8 Å². The predicted molar refractivity (Wildman–Crippen MR) is 61.0 cm³/mol. The van der Waals surface area contributed by atoms with Crippen LogP contribution in [-0.2, 0) is 13.8 Å². The van der Waals surface area contributed by atoms with Gasteiger partial charge in [0.1, 0.15) is 5.60 Å². The number of rotatable bonds is 1. The quantitative estimate of drug-likeness (QED) is 0.678. The lowest BCUT2D eigenvalue weighted by Gasteiger charge is -2.24. The van der Waals surface area contributed by atoms with Crippen molar-refractivity contribution in [2.75, 3.05) is 13.1 Å². The van der Waals surface area contributed by atoms with Gasteiger partial charge in [-0.2, -0.15) is 0 Å². The van der Waals surface area contributed by atoms with Gasteiger partial charge < -0.3 is 9.64 Å². The van der Waals surface area contributed by atoms with Crippen LogP contribution in [0.15, 0.2) is 0 Å². The Bertz CT molecular complexity index is 373. The number of carbonyl (C=O) groups is 1. The van der Waals surface area contributed by atoms with Crippen LogP contribution in [0.2, 0.25) is 0 Å². The van der Waals surface area contributed by atoms with Gasteiger partial charge >= 0.3 is 6.09 Å². The zero-order valence-electron chi connectivity index (χ0n) is 9.57. The third-order valence-corrected chi connectivity index (χ3v) is 4.13. The van der Waals surface area contributed by atoms with Crippen LogP contribution in [0.1, 0.15) is 27.2 Å². The van der Waals surface area contributed by atoms with Gasteiger partial charge in [-0.15, -0.1) is 0 Å². The molecule has 0 unspecified atom stereocenters. The normalized spacial score (nSPS) is 22.2. The van der Waals surface area contributed by atoms with Gasteiger partial charge in [-0.1, -0.05) is 0 Å². The maximum atomic E-state index is 11.6. The van der Waals surface area contributed by atoms with E-state index in [1.807, 2.05) is 0 Å². The van der Waals surface area contributed by atoms with Gasteiger partial charge in [0.25, 0.3) is 0 Å². The van der Waals surface area contributed by atoms with Crippen LogP contribution in [0.3, 0.4) is 0 Å². The summed E-state index contributed by atoms with van der Waals surface area (Å²) in [7, 11) is 1.65. The standard InChI is InChI=1S/C9H16ClNO4S/c1-9(2,3)15-8(12)11-5-4-7(6-11)16(10,13)14/h7H,4-6H2,1-3H3/t7-/m1/s1. The van der Waals surface area contributed by atoms with E-state index in [-0.39, 0.29) is 6.54 Å². The van der Waals surface area contributed by atoms with Crippen molar-refractivity contribution in [3.63, 3.8) is 0 Å². The van der Waals surface area contributed by atoms with Crippen LogP contribution in [0.5, 0.6) is 0 Å². The van der Waals surface area contributed by atoms with E-state index in [0.29, 0.717) is 13.0 Å². The molecule has 1 saturated heterocycles. The molecule has 0 aromatic heterocycles. The van der Waals surface area contributed by atoms with Crippen LogP contribution >= 0.6 is 10.7 Å². The van der Waals surface area contributed by atoms with Gasteiger partial charge in [-0.25, -0.2) is 13.2 Å². The first-order valence-electron chi connectivity index (χ1n) is 5.01. The second kappa shape index (κ2) is 4.41. The molecule has 0 spiro atoms. The molecule has 0 bridgehead atoms. The van der Waals surface area contributed by atoms with E-state index in [2.05, 4.69) is 0 Å². The summed E-state index contributed by atoms with van der Waals surface area (Å²) in [5.41, 5.74) is -0.574. The molecular weight excluding hydrogens is 254 g/mol. The van der Waals surface area contributed by atoms with Gasteiger partial charge in [0, 0.05) is 23.8 Å². The summed E-state index contributed by atoms with van der Waals surface area (Å²) >= 11 is 0. The first kappa shape index (κ1) is 13.6. The number of carbonyl (C=O) groups excluding carboxylic acids is 1. The number of halogens is 1. The fourth-order valence-electron chi connectivity index (χ4n) is 1.45. The minimum atomic E-state index is -3.59. The van der Waals surface area contributed by atoms with E-state index in [1.165, 1.54) is 4.90 Å². The molecule has 94 valence electrons. The zero-order chi connectivity index (χ0) is 12.6. The molecule has 1 aliphatic rings. The second-order valence-corrected chi connectivity index (χ2v) is 7.72. The molecule has 5 nitrogen and oxygen atoms in total. The SMILES string of the molecule is CC(C)(C)OC(=O)N1CC[C@@H](S(=O)(=O)Cl)C1. The number of ether oxygens (including phenoxy) is 1. The Kier molecular flexibility index (Phi) is 3.74. The Morgan fingerprint density at radius 3 is 2.38 bits per heavy atom. The molecular formula is C9H16ClNO4S. The Hall–Kier alpha value is -0.490. The molecule has 1 amide bonds. The van der Waals surface area contributed by atoms with Gasteiger partial charge in [0.05, 0.1) is 5.25 Å². The van der Waals surface area contributed by atoms with Crippen LogP contribution in [0.25, 0.3) is 0 Å². The molecule has 1 atom stereocenters. The summed E-state index contributed by atoms with van der Waals surface area (Å²) in [6, 6.07) is 0. The lowest BCUT2D eigenvalue weighted by Crippen LogP contribution is -2.36. The molecule has 0 N–H and O–H groups in total. The van der Waals surface area contributed by atoms with E-state index in [4.69, 9.17) is 15.4 Å². The minimum Gasteiger partial charge on any atom is -0.444 e. The number of nitrogens with zero attached hydrogens (tertiary/aromatic N) is 1. The van der Waals surface area contributed by atoms with E-state index in [0.717, 1.165) is 0 Å². The highest BCUT2D eigenvalue weighted by Gasteiger charge is 2.35. The third kappa shape index (κ3) is 3.83. The highest BCUT2D eigenvalue weighted by Crippen LogP contribution is 2.21. The fraction of sp³-hybridized carbons (Fsp3) is 0.889. The third-order valence-electron chi connectivity index (χ3n) is 2.19. The van der Waals surface area contributed by atoms with Crippen molar-refractivity contribution in [2.45, 2.75) is 38.0 Å². The van der Waals surface area contributed by atoms with Gasteiger partial charge in [-0.3, -0.25) is 0 Å². The molecule has 16 heavy (non-hydrogen) atoms. The van der Waals surface area contributed by atoms with Crippen molar-refractivity contribution in [1.82, 2.24) is 4.90 Å². The summed E-state index contributed by atoms with van der Waals surface area (Å²) in [6.45, 7) is 5.76. The summed E-state index contributed by atoms with van der Waals surface area (Å²) < 4.78 is 27.3. The van der Waals surface area contributed by atoms with Crippen molar-refractivity contribution < 1.29 is 17.9 Å². The molecule has 0 aromatic carbocycles. The summed E-state index contributed by atoms with van der Waals surface area (Å²) in [4.78, 5) is 13.0. The second-order valence-electron chi connectivity index (χ2n) is 4.81. The highest BCUT2D eigenvalue weighted by atomic mass is 35.7. The van der Waals surface area contributed by atoms with Crippen LogP contribution in [0, 0.1) is 0 Å². The van der Waals surface area contributed by atoms with Crippen molar-refractivity contribution in [3.8, 4) is 0 Å². The van der Waals surface area contributed by atoms with Crippen molar-refractivity contribution in [2.24, 2.45) is 0 Å². The van der Waals surface area contributed by atoms with Crippen molar-refractivity contribution in [3.05, 3.63) is 0 Å². The van der Waals surface area contributed by atoms with Crippen molar-refractivity contribution in [1.29, 1.82) is 0 Å². The Morgan fingerprint density at radius 1 is 1.44 bits per heavy atom. The van der Waals surface area contributed by atoms with E-state index >= 15 is 0 Å². The number of hydrogen-bond donors (Lipinski definition) is 0. The number of hydrogen-bond acceptors (Lipinski definition) is 4. The first-order chi connectivity index (χ1) is 7.09. The molecule has 7 heteroatoms. The number of likely N-dealkylation sites (tertiary alicyclic amines) is 1. The molecule has 0 aliphatic carbocycles. The smallest absolute Gasteiger partial charge is 0.410 e. The molecule has 0 radical (unpaired) electrons. The topological polar surface area (TPSA) is 63.7 Å². The van der Waals surface area contributed by atoms with Crippen LogP contribution in [-0.4, -0.2) is 43.4 Å². The fourth-order valence-corrected chi connectivity index (χ4v) is 2.63. The van der Waals surface area contributed by atoms with E-state index < -0.39 is 26.0 Å². The molecule has 1 aliphatic heterocycles. The Balaban J connectivity index is 2.57. The summed E-state index contributed by atoms with van der Waals surface area (Å²) in [6.07, 6.45) is -0.124. The zero-order valence-corrected chi connectivity index (χ0v) is 11.1. The van der Waals surface area contributed by atoms with E-state index in [9.17, 15) is 13.2 Å². The van der Waals surface area contributed by atoms with E-state index in [1.54, 1.807) is 20.8 Å². The van der Waals surface area contributed by atoms with Gasteiger partial charge in [0.2, 0.25) is 9.05 Å². The first-order valence-corrected chi connectivity index (χ1v) is 7.38. The van der Waals surface area contributed by atoms with Crippen LogP contribution < -0.4 is 0 Å². The molecule has 1 fully saturated rings. The lowest BCUT2D eigenvalue weighted by atomic mass is 10.2. The van der Waals surface area contributed by atoms with Gasteiger partial charge in [-0.05, 0) is 27.2 Å². The molecule has 1 heterocycles. The average Bonchev–Trinajstić information content (AvgIpc) is 2.46. The minimum absolute atomic E-state index is 0.112. The summed E-state index contributed by atoms with van der Waals surface area (Å²) in [5.74, 6) is 0. The monoisotopic (exact) mass is 269 g/mol. The van der Waals surface area contributed by atoms with Gasteiger partial charge in [0.15, 0.2) is 0 Å². The Morgan fingerprint density at radius 2 is 2.00 bits per heavy atom. The maximum Gasteiger partial charge on any atom is 0.410 e. The number of amides is 1. The Labute approximate surface area is 100 Å². The average molecular weight is 270 g/mol. The molecule has 0 aromatic rings.